The van der Waals surface area contributed by atoms with Crippen molar-refractivity contribution in [3.8, 4) is 0 Å². The third-order valence-corrected chi connectivity index (χ3v) is 3.95. The molecule has 2 aromatic carbocycles. The maximum atomic E-state index is 12.5. The van der Waals surface area contributed by atoms with Gasteiger partial charge in [-0.2, -0.15) is 0 Å². The third kappa shape index (κ3) is 6.19. The SMILES string of the molecule is CC.CCCCCCc1ccccc1NC(=O)c1ccccc1C. The first kappa shape index (κ1) is 20.0. The van der Waals surface area contributed by atoms with Crippen molar-refractivity contribution in [3.63, 3.8) is 0 Å². The Morgan fingerprint density at radius 3 is 2.29 bits per heavy atom. The topological polar surface area (TPSA) is 29.1 Å². The van der Waals surface area contributed by atoms with Gasteiger partial charge in [0.15, 0.2) is 0 Å². The number of para-hydroxylation sites is 1. The largest absolute Gasteiger partial charge is 0.322 e. The first-order chi connectivity index (χ1) is 11.7. The van der Waals surface area contributed by atoms with Crippen LogP contribution >= 0.6 is 0 Å². The molecular weight excluding hydrogens is 294 g/mol. The molecule has 2 aromatic rings. The lowest BCUT2D eigenvalue weighted by Gasteiger charge is -2.12. The van der Waals surface area contributed by atoms with Gasteiger partial charge in [0.1, 0.15) is 0 Å². The Hall–Kier alpha value is -2.09. The van der Waals surface area contributed by atoms with Crippen LogP contribution in [-0.2, 0) is 6.42 Å². The van der Waals surface area contributed by atoms with Crippen molar-refractivity contribution in [2.24, 2.45) is 0 Å². The highest BCUT2D eigenvalue weighted by atomic mass is 16.1. The molecule has 130 valence electrons. The maximum Gasteiger partial charge on any atom is 0.255 e. The third-order valence-electron chi connectivity index (χ3n) is 3.95. The van der Waals surface area contributed by atoms with E-state index in [1.54, 1.807) is 0 Å². The van der Waals surface area contributed by atoms with E-state index in [9.17, 15) is 4.79 Å². The molecule has 0 fully saturated rings. The molecule has 0 aliphatic rings. The molecule has 0 bridgehead atoms. The Morgan fingerprint density at radius 2 is 1.58 bits per heavy atom. The van der Waals surface area contributed by atoms with Crippen LogP contribution in [0.4, 0.5) is 5.69 Å². The summed E-state index contributed by atoms with van der Waals surface area (Å²) < 4.78 is 0. The first-order valence-corrected chi connectivity index (χ1v) is 9.17. The number of unbranched alkanes of at least 4 members (excludes halogenated alkanes) is 3. The Balaban J connectivity index is 0.00000139. The summed E-state index contributed by atoms with van der Waals surface area (Å²) in [6.07, 6.45) is 5.95. The van der Waals surface area contributed by atoms with E-state index in [1.807, 2.05) is 63.2 Å². The fourth-order valence-corrected chi connectivity index (χ4v) is 2.62. The van der Waals surface area contributed by atoms with Crippen LogP contribution in [-0.4, -0.2) is 5.91 Å². The van der Waals surface area contributed by atoms with Gasteiger partial charge in [0, 0.05) is 11.3 Å². The summed E-state index contributed by atoms with van der Waals surface area (Å²) in [5, 5.41) is 3.07. The molecule has 1 amide bonds. The van der Waals surface area contributed by atoms with E-state index in [1.165, 1.54) is 31.2 Å². The summed E-state index contributed by atoms with van der Waals surface area (Å²) in [4.78, 5) is 12.5. The highest BCUT2D eigenvalue weighted by Crippen LogP contribution is 2.20. The summed E-state index contributed by atoms with van der Waals surface area (Å²) in [5.41, 5.74) is 3.90. The molecule has 0 saturated carbocycles. The normalized spacial score (nSPS) is 9.83. The van der Waals surface area contributed by atoms with E-state index in [-0.39, 0.29) is 5.91 Å². The predicted octanol–water partition coefficient (Wildman–Crippen LogP) is 6.40. The Morgan fingerprint density at radius 1 is 0.917 bits per heavy atom. The van der Waals surface area contributed by atoms with Crippen LogP contribution in [0.2, 0.25) is 0 Å². The molecule has 0 unspecified atom stereocenters. The molecule has 0 aromatic heterocycles. The van der Waals surface area contributed by atoms with Crippen molar-refractivity contribution in [1.82, 2.24) is 0 Å². The first-order valence-electron chi connectivity index (χ1n) is 9.17. The average Bonchev–Trinajstić information content (AvgIpc) is 2.62. The van der Waals surface area contributed by atoms with Crippen molar-refractivity contribution >= 4 is 11.6 Å². The van der Waals surface area contributed by atoms with E-state index in [0.29, 0.717) is 0 Å². The minimum atomic E-state index is -0.0286. The Labute approximate surface area is 147 Å². The fourth-order valence-electron chi connectivity index (χ4n) is 2.62. The van der Waals surface area contributed by atoms with Gasteiger partial charge in [0.25, 0.3) is 5.91 Å². The Bertz CT molecular complexity index is 619. The van der Waals surface area contributed by atoms with E-state index in [4.69, 9.17) is 0 Å². The molecule has 0 saturated heterocycles. The lowest BCUT2D eigenvalue weighted by atomic mass is 10.0. The molecule has 2 heteroatoms. The van der Waals surface area contributed by atoms with Crippen LogP contribution in [0.25, 0.3) is 0 Å². The molecule has 24 heavy (non-hydrogen) atoms. The number of nitrogens with one attached hydrogen (secondary N) is 1. The van der Waals surface area contributed by atoms with Crippen molar-refractivity contribution in [2.75, 3.05) is 5.32 Å². The van der Waals surface area contributed by atoms with Gasteiger partial charge < -0.3 is 5.32 Å². The molecule has 0 aliphatic heterocycles. The van der Waals surface area contributed by atoms with Gasteiger partial charge in [-0.15, -0.1) is 0 Å². The molecule has 2 rings (SSSR count). The molecular formula is C22H31NO. The van der Waals surface area contributed by atoms with Crippen molar-refractivity contribution in [2.45, 2.75) is 59.8 Å². The second kappa shape index (κ2) is 11.4. The molecule has 2 nitrogen and oxygen atoms in total. The summed E-state index contributed by atoms with van der Waals surface area (Å²) in [6.45, 7) is 8.18. The standard InChI is InChI=1S/C20H25NO.C2H6/c1-3-4-5-6-12-17-13-8-10-15-19(17)21-20(22)18-14-9-7-11-16(18)2;1-2/h7-11,13-15H,3-6,12H2,1-2H3,(H,21,22);1-2H3. The van der Waals surface area contributed by atoms with Crippen LogP contribution in [0.5, 0.6) is 0 Å². The van der Waals surface area contributed by atoms with E-state index in [0.717, 1.165) is 23.2 Å². The van der Waals surface area contributed by atoms with Crippen LogP contribution < -0.4 is 5.32 Å². The van der Waals surface area contributed by atoms with Gasteiger partial charge in [0.2, 0.25) is 0 Å². The number of aryl methyl sites for hydroxylation is 2. The monoisotopic (exact) mass is 325 g/mol. The van der Waals surface area contributed by atoms with E-state index >= 15 is 0 Å². The van der Waals surface area contributed by atoms with E-state index in [2.05, 4.69) is 18.3 Å². The molecule has 1 N–H and O–H groups in total. The number of hydrogen-bond donors (Lipinski definition) is 1. The molecule has 0 atom stereocenters. The molecule has 0 spiro atoms. The minimum Gasteiger partial charge on any atom is -0.322 e. The number of benzene rings is 2. The Kier molecular flexibility index (Phi) is 9.52. The lowest BCUT2D eigenvalue weighted by molar-refractivity contribution is 0.102. The van der Waals surface area contributed by atoms with Crippen molar-refractivity contribution in [3.05, 3.63) is 65.2 Å². The fraction of sp³-hybridized carbons (Fsp3) is 0.409. The van der Waals surface area contributed by atoms with Crippen LogP contribution in [0, 0.1) is 6.92 Å². The minimum absolute atomic E-state index is 0.0286. The summed E-state index contributed by atoms with van der Waals surface area (Å²) in [5.74, 6) is -0.0286. The van der Waals surface area contributed by atoms with E-state index < -0.39 is 0 Å². The zero-order valence-electron chi connectivity index (χ0n) is 15.6. The van der Waals surface area contributed by atoms with Crippen LogP contribution in [0.1, 0.15) is 67.9 Å². The average molecular weight is 325 g/mol. The van der Waals surface area contributed by atoms with Gasteiger partial charge in [-0.3, -0.25) is 4.79 Å². The zero-order valence-corrected chi connectivity index (χ0v) is 15.6. The van der Waals surface area contributed by atoms with Gasteiger partial charge >= 0.3 is 0 Å². The van der Waals surface area contributed by atoms with Crippen LogP contribution in [0.15, 0.2) is 48.5 Å². The number of rotatable bonds is 7. The maximum absolute atomic E-state index is 12.5. The number of carbonyl (C=O) groups is 1. The highest BCUT2D eigenvalue weighted by Gasteiger charge is 2.10. The van der Waals surface area contributed by atoms with Crippen molar-refractivity contribution in [1.29, 1.82) is 0 Å². The molecule has 0 radical (unpaired) electrons. The summed E-state index contributed by atoms with van der Waals surface area (Å²) in [7, 11) is 0. The second-order valence-corrected chi connectivity index (χ2v) is 5.74. The lowest BCUT2D eigenvalue weighted by Crippen LogP contribution is -2.14. The number of carbonyl (C=O) groups excluding carboxylic acids is 1. The number of amides is 1. The van der Waals surface area contributed by atoms with Crippen molar-refractivity contribution < 1.29 is 4.79 Å². The smallest absolute Gasteiger partial charge is 0.255 e. The predicted molar refractivity (Wildman–Crippen MR) is 105 cm³/mol. The van der Waals surface area contributed by atoms with Crippen LogP contribution in [0.3, 0.4) is 0 Å². The van der Waals surface area contributed by atoms with Gasteiger partial charge in [-0.25, -0.2) is 0 Å². The zero-order chi connectivity index (χ0) is 17.8. The van der Waals surface area contributed by atoms with Gasteiger partial charge in [-0.1, -0.05) is 76.4 Å². The number of hydrogen-bond acceptors (Lipinski definition) is 1. The summed E-state index contributed by atoms with van der Waals surface area (Å²) in [6, 6.07) is 15.8. The quantitative estimate of drug-likeness (QED) is 0.587. The number of anilines is 1. The molecule has 0 aliphatic carbocycles. The highest BCUT2D eigenvalue weighted by molar-refractivity contribution is 6.05. The van der Waals surface area contributed by atoms with Gasteiger partial charge in [-0.05, 0) is 43.0 Å². The second-order valence-electron chi connectivity index (χ2n) is 5.74. The summed E-state index contributed by atoms with van der Waals surface area (Å²) >= 11 is 0. The molecule has 0 heterocycles. The van der Waals surface area contributed by atoms with Gasteiger partial charge in [0.05, 0.1) is 0 Å².